The predicted molar refractivity (Wildman–Crippen MR) is 64.3 cm³/mol. The monoisotopic (exact) mass is 300 g/mol. The highest BCUT2D eigenvalue weighted by atomic mass is 35.5. The van der Waals surface area contributed by atoms with Gasteiger partial charge in [-0.1, -0.05) is 12.1 Å². The van der Waals surface area contributed by atoms with E-state index in [0.717, 1.165) is 6.07 Å². The summed E-state index contributed by atoms with van der Waals surface area (Å²) in [6.07, 6.45) is -0.510. The number of alkyl halides is 2. The second kappa shape index (κ2) is 7.30. The standard InChI is InChI=1S/C11H12F4N2O.ClH/c12-8-3-1-2-7(10(8)13)4-9(18)17-6-11(14,15)5-16;/h1-3H,4-6,16H2,(H,17,18);1H. The maximum absolute atomic E-state index is 13.2. The van der Waals surface area contributed by atoms with E-state index in [4.69, 9.17) is 5.73 Å². The van der Waals surface area contributed by atoms with E-state index in [1.807, 2.05) is 5.32 Å². The van der Waals surface area contributed by atoms with Crippen LogP contribution in [0.5, 0.6) is 0 Å². The molecule has 108 valence electrons. The molecular formula is C11H13ClF4N2O. The van der Waals surface area contributed by atoms with Crippen molar-refractivity contribution in [2.45, 2.75) is 12.3 Å². The number of rotatable bonds is 5. The molecule has 1 amide bonds. The van der Waals surface area contributed by atoms with E-state index in [0.29, 0.717) is 0 Å². The Morgan fingerprint density at radius 1 is 1.32 bits per heavy atom. The molecule has 0 heterocycles. The third-order valence-corrected chi connectivity index (χ3v) is 2.23. The van der Waals surface area contributed by atoms with Gasteiger partial charge in [-0.3, -0.25) is 4.79 Å². The van der Waals surface area contributed by atoms with E-state index >= 15 is 0 Å². The topological polar surface area (TPSA) is 55.1 Å². The van der Waals surface area contributed by atoms with Gasteiger partial charge in [0.15, 0.2) is 11.6 Å². The number of nitrogens with two attached hydrogens (primary N) is 1. The molecule has 3 nitrogen and oxygen atoms in total. The molecule has 0 spiro atoms. The molecule has 19 heavy (non-hydrogen) atoms. The molecule has 0 fully saturated rings. The molecule has 0 saturated carbocycles. The van der Waals surface area contributed by atoms with Crippen LogP contribution in [0.3, 0.4) is 0 Å². The summed E-state index contributed by atoms with van der Waals surface area (Å²) in [5, 5.41) is 1.91. The smallest absolute Gasteiger partial charge is 0.277 e. The van der Waals surface area contributed by atoms with Crippen LogP contribution in [0.25, 0.3) is 0 Å². The first-order valence-electron chi connectivity index (χ1n) is 5.13. The van der Waals surface area contributed by atoms with Gasteiger partial charge in [-0.15, -0.1) is 12.4 Å². The molecule has 0 aliphatic heterocycles. The molecule has 0 bridgehead atoms. The van der Waals surface area contributed by atoms with Crippen LogP contribution in [0.1, 0.15) is 5.56 Å². The van der Waals surface area contributed by atoms with E-state index in [1.165, 1.54) is 12.1 Å². The van der Waals surface area contributed by atoms with Crippen LogP contribution < -0.4 is 11.1 Å². The van der Waals surface area contributed by atoms with Gasteiger partial charge in [-0.25, -0.2) is 17.6 Å². The van der Waals surface area contributed by atoms with Gasteiger partial charge in [0.2, 0.25) is 5.91 Å². The number of carbonyl (C=O) groups is 1. The lowest BCUT2D eigenvalue weighted by molar-refractivity contribution is -0.122. The number of hydrogen-bond acceptors (Lipinski definition) is 2. The minimum Gasteiger partial charge on any atom is -0.350 e. The molecule has 1 aromatic carbocycles. The Morgan fingerprint density at radius 3 is 2.53 bits per heavy atom. The molecule has 0 saturated heterocycles. The molecule has 1 rings (SSSR count). The van der Waals surface area contributed by atoms with E-state index < -0.39 is 43.0 Å². The quantitative estimate of drug-likeness (QED) is 0.812. The van der Waals surface area contributed by atoms with Crippen molar-refractivity contribution in [2.75, 3.05) is 13.1 Å². The van der Waals surface area contributed by atoms with Gasteiger partial charge in [-0.05, 0) is 6.07 Å². The van der Waals surface area contributed by atoms with Crippen molar-refractivity contribution in [3.05, 3.63) is 35.4 Å². The van der Waals surface area contributed by atoms with Crippen LogP contribution in [0.4, 0.5) is 17.6 Å². The normalized spacial score (nSPS) is 10.8. The number of nitrogens with one attached hydrogen (secondary N) is 1. The van der Waals surface area contributed by atoms with Gasteiger partial charge in [0.25, 0.3) is 5.92 Å². The minimum atomic E-state index is -3.21. The summed E-state index contributed by atoms with van der Waals surface area (Å²) in [5.74, 6) is -6.28. The summed E-state index contributed by atoms with van der Waals surface area (Å²) < 4.78 is 51.4. The van der Waals surface area contributed by atoms with Gasteiger partial charge in [0.1, 0.15) is 0 Å². The summed E-state index contributed by atoms with van der Waals surface area (Å²) in [7, 11) is 0. The first kappa shape index (κ1) is 17.7. The highest BCUT2D eigenvalue weighted by Crippen LogP contribution is 2.12. The van der Waals surface area contributed by atoms with Crippen LogP contribution in [0.2, 0.25) is 0 Å². The number of amides is 1. The van der Waals surface area contributed by atoms with Crippen molar-refractivity contribution in [1.29, 1.82) is 0 Å². The maximum atomic E-state index is 13.2. The minimum absolute atomic E-state index is 0. The number of hydrogen-bond donors (Lipinski definition) is 2. The molecule has 3 N–H and O–H groups in total. The summed E-state index contributed by atoms with van der Waals surface area (Å²) in [5.41, 5.74) is 4.59. The molecule has 0 unspecified atom stereocenters. The fraction of sp³-hybridized carbons (Fsp3) is 0.364. The fourth-order valence-electron chi connectivity index (χ4n) is 1.22. The Hall–Kier alpha value is -1.34. The second-order valence-corrected chi connectivity index (χ2v) is 3.73. The Kier molecular flexibility index (Phi) is 6.78. The average Bonchev–Trinajstić information content (AvgIpc) is 2.33. The zero-order valence-electron chi connectivity index (χ0n) is 9.76. The molecular weight excluding hydrogens is 288 g/mol. The largest absolute Gasteiger partial charge is 0.350 e. The fourth-order valence-corrected chi connectivity index (χ4v) is 1.22. The van der Waals surface area contributed by atoms with Crippen molar-refractivity contribution in [1.82, 2.24) is 5.32 Å². The van der Waals surface area contributed by atoms with Gasteiger partial charge in [-0.2, -0.15) is 0 Å². The lowest BCUT2D eigenvalue weighted by atomic mass is 10.1. The lowest BCUT2D eigenvalue weighted by Crippen LogP contribution is -2.42. The highest BCUT2D eigenvalue weighted by Gasteiger charge is 2.27. The van der Waals surface area contributed by atoms with Crippen LogP contribution >= 0.6 is 12.4 Å². The van der Waals surface area contributed by atoms with Crippen molar-refractivity contribution in [2.24, 2.45) is 5.73 Å². The molecule has 0 aliphatic carbocycles. The number of benzene rings is 1. The van der Waals surface area contributed by atoms with Crippen molar-refractivity contribution < 1.29 is 22.4 Å². The zero-order valence-corrected chi connectivity index (χ0v) is 10.6. The van der Waals surface area contributed by atoms with Crippen LogP contribution in [0, 0.1) is 11.6 Å². The summed E-state index contributed by atoms with van der Waals surface area (Å²) in [6.45, 7) is -1.83. The van der Waals surface area contributed by atoms with E-state index in [9.17, 15) is 22.4 Å². The highest BCUT2D eigenvalue weighted by molar-refractivity contribution is 5.85. The van der Waals surface area contributed by atoms with Crippen molar-refractivity contribution in [3.63, 3.8) is 0 Å². The summed E-state index contributed by atoms with van der Waals surface area (Å²) in [4.78, 5) is 11.3. The summed E-state index contributed by atoms with van der Waals surface area (Å²) >= 11 is 0. The van der Waals surface area contributed by atoms with Crippen molar-refractivity contribution in [3.8, 4) is 0 Å². The van der Waals surface area contributed by atoms with Gasteiger partial charge >= 0.3 is 0 Å². The van der Waals surface area contributed by atoms with Gasteiger partial charge in [0, 0.05) is 5.56 Å². The molecule has 8 heteroatoms. The second-order valence-electron chi connectivity index (χ2n) is 3.73. The maximum Gasteiger partial charge on any atom is 0.277 e. The Bertz CT molecular complexity index is 443. The SMILES string of the molecule is Cl.NCC(F)(F)CNC(=O)Cc1cccc(F)c1F. The first-order chi connectivity index (χ1) is 8.35. The molecule has 0 aliphatic rings. The lowest BCUT2D eigenvalue weighted by Gasteiger charge is -2.14. The van der Waals surface area contributed by atoms with E-state index in [1.54, 1.807) is 0 Å². The number of carbonyl (C=O) groups excluding carboxylic acids is 1. The van der Waals surface area contributed by atoms with E-state index in [2.05, 4.69) is 0 Å². The van der Waals surface area contributed by atoms with Crippen LogP contribution in [-0.2, 0) is 11.2 Å². The Labute approximate surface area is 113 Å². The van der Waals surface area contributed by atoms with Crippen LogP contribution in [-0.4, -0.2) is 24.9 Å². The molecule has 0 atom stereocenters. The molecule has 1 aromatic rings. The van der Waals surface area contributed by atoms with E-state index in [-0.39, 0.29) is 18.0 Å². The summed E-state index contributed by atoms with van der Waals surface area (Å²) in [6, 6.07) is 3.34. The molecule has 0 aromatic heterocycles. The third kappa shape index (κ3) is 5.44. The van der Waals surface area contributed by atoms with Crippen LogP contribution in [0.15, 0.2) is 18.2 Å². The Balaban J connectivity index is 0.00000324. The average molecular weight is 301 g/mol. The van der Waals surface area contributed by atoms with Gasteiger partial charge < -0.3 is 11.1 Å². The molecule has 0 radical (unpaired) electrons. The first-order valence-corrected chi connectivity index (χ1v) is 5.13. The van der Waals surface area contributed by atoms with Crippen molar-refractivity contribution >= 4 is 18.3 Å². The zero-order chi connectivity index (χ0) is 13.8. The predicted octanol–water partition coefficient (Wildman–Crippen LogP) is 1.64. The number of halogens is 5. The van der Waals surface area contributed by atoms with Gasteiger partial charge in [0.05, 0.1) is 19.5 Å². The Morgan fingerprint density at radius 2 is 1.95 bits per heavy atom. The third-order valence-electron chi connectivity index (χ3n) is 2.23.